The third-order valence-electron chi connectivity index (χ3n) is 5.91. The molecule has 2 aliphatic heterocycles. The van der Waals surface area contributed by atoms with Crippen molar-refractivity contribution in [1.82, 2.24) is 9.88 Å². The molecule has 5 heteroatoms. The lowest BCUT2D eigenvalue weighted by atomic mass is 9.96. The van der Waals surface area contributed by atoms with E-state index in [1.165, 1.54) is 56.6 Å². The van der Waals surface area contributed by atoms with Crippen LogP contribution in [0, 0.1) is 0 Å². The number of benzene rings is 1. The van der Waals surface area contributed by atoms with Crippen LogP contribution in [-0.2, 0) is 0 Å². The summed E-state index contributed by atoms with van der Waals surface area (Å²) in [6, 6.07) is 6.97. The van der Waals surface area contributed by atoms with Crippen LogP contribution in [0.3, 0.4) is 0 Å². The van der Waals surface area contributed by atoms with E-state index in [1.54, 1.807) is 0 Å². The second-order valence-corrected chi connectivity index (χ2v) is 8.28. The number of likely N-dealkylation sites (tertiary alicyclic amines) is 1. The lowest BCUT2D eigenvalue weighted by Crippen LogP contribution is -2.39. The van der Waals surface area contributed by atoms with E-state index in [4.69, 9.17) is 14.5 Å². The van der Waals surface area contributed by atoms with E-state index in [9.17, 15) is 0 Å². The van der Waals surface area contributed by atoms with Crippen molar-refractivity contribution >= 4 is 11.3 Å². The second-order valence-electron chi connectivity index (χ2n) is 7.39. The van der Waals surface area contributed by atoms with Gasteiger partial charge < -0.3 is 14.4 Å². The van der Waals surface area contributed by atoms with E-state index in [2.05, 4.69) is 16.3 Å². The highest BCUT2D eigenvalue weighted by molar-refractivity contribution is 7.10. The lowest BCUT2D eigenvalue weighted by molar-refractivity contribution is 0.154. The summed E-state index contributed by atoms with van der Waals surface area (Å²) in [6.45, 7) is 2.81. The summed E-state index contributed by atoms with van der Waals surface area (Å²) >= 11 is 1.82. The topological polar surface area (TPSA) is 34.6 Å². The Labute approximate surface area is 152 Å². The van der Waals surface area contributed by atoms with Gasteiger partial charge in [-0.1, -0.05) is 12.8 Å². The lowest BCUT2D eigenvalue weighted by Gasteiger charge is -2.35. The predicted octanol–water partition coefficient (Wildman–Crippen LogP) is 4.66. The fourth-order valence-electron chi connectivity index (χ4n) is 4.44. The third kappa shape index (κ3) is 3.04. The Hall–Kier alpha value is -1.59. The molecule has 1 saturated heterocycles. The summed E-state index contributed by atoms with van der Waals surface area (Å²) in [4.78, 5) is 7.69. The molecule has 0 unspecified atom stereocenters. The van der Waals surface area contributed by atoms with Crippen LogP contribution >= 0.6 is 11.3 Å². The molecule has 0 spiro atoms. The molecule has 25 heavy (non-hydrogen) atoms. The highest BCUT2D eigenvalue weighted by atomic mass is 32.1. The molecule has 1 saturated carbocycles. The number of piperidine rings is 1. The van der Waals surface area contributed by atoms with Gasteiger partial charge in [0.2, 0.25) is 6.79 Å². The Morgan fingerprint density at radius 1 is 1.00 bits per heavy atom. The second kappa shape index (κ2) is 6.61. The zero-order valence-corrected chi connectivity index (χ0v) is 15.3. The van der Waals surface area contributed by atoms with Crippen LogP contribution in [0.15, 0.2) is 23.6 Å². The maximum Gasteiger partial charge on any atom is 0.231 e. The van der Waals surface area contributed by atoms with Gasteiger partial charge in [0.25, 0.3) is 0 Å². The number of nitrogens with zero attached hydrogens (tertiary/aromatic N) is 2. The van der Waals surface area contributed by atoms with Crippen molar-refractivity contribution in [3.63, 3.8) is 0 Å². The fraction of sp³-hybridized carbons (Fsp3) is 0.550. The third-order valence-corrected chi connectivity index (χ3v) is 6.92. The largest absolute Gasteiger partial charge is 0.454 e. The molecule has 0 N–H and O–H groups in total. The molecule has 0 amide bonds. The number of hydrogen-bond donors (Lipinski definition) is 0. The minimum Gasteiger partial charge on any atom is -0.454 e. The highest BCUT2D eigenvalue weighted by Gasteiger charge is 2.29. The minimum absolute atomic E-state index is 0.320. The molecule has 1 aromatic carbocycles. The van der Waals surface area contributed by atoms with Crippen LogP contribution in [0.5, 0.6) is 11.5 Å². The maximum atomic E-state index is 5.49. The molecule has 4 nitrogen and oxygen atoms in total. The highest BCUT2D eigenvalue weighted by Crippen LogP contribution is 2.38. The van der Waals surface area contributed by atoms with Crippen LogP contribution in [-0.4, -0.2) is 35.8 Å². The molecule has 0 radical (unpaired) electrons. The van der Waals surface area contributed by atoms with Crippen LogP contribution in [0.25, 0.3) is 11.3 Å². The van der Waals surface area contributed by atoms with E-state index in [1.807, 2.05) is 23.5 Å². The van der Waals surface area contributed by atoms with E-state index >= 15 is 0 Å². The van der Waals surface area contributed by atoms with Gasteiger partial charge in [0.1, 0.15) is 0 Å². The zero-order chi connectivity index (χ0) is 16.6. The van der Waals surface area contributed by atoms with Gasteiger partial charge in [0.05, 0.1) is 10.7 Å². The average Bonchev–Trinajstić information content (AvgIpc) is 3.42. The van der Waals surface area contributed by atoms with Crippen molar-refractivity contribution in [3.05, 3.63) is 28.6 Å². The Balaban J connectivity index is 1.27. The molecule has 1 aromatic heterocycles. The number of thiazole rings is 1. The van der Waals surface area contributed by atoms with Crippen molar-refractivity contribution in [1.29, 1.82) is 0 Å². The van der Waals surface area contributed by atoms with Crippen LogP contribution in [0.4, 0.5) is 0 Å². The first-order chi connectivity index (χ1) is 12.4. The van der Waals surface area contributed by atoms with E-state index < -0.39 is 0 Å². The average molecular weight is 356 g/mol. The van der Waals surface area contributed by atoms with Gasteiger partial charge in [0, 0.05) is 22.9 Å². The zero-order valence-electron chi connectivity index (χ0n) is 14.4. The van der Waals surface area contributed by atoms with Crippen molar-refractivity contribution in [2.75, 3.05) is 19.9 Å². The summed E-state index contributed by atoms with van der Waals surface area (Å²) in [5.41, 5.74) is 2.19. The SMILES string of the molecule is c1cc2c(cc1-c1csc(C3CCN(C4CCCC4)CC3)n1)OCO2. The fourth-order valence-corrected chi connectivity index (χ4v) is 5.44. The molecule has 0 atom stereocenters. The molecule has 2 aromatic rings. The number of hydrogen-bond acceptors (Lipinski definition) is 5. The predicted molar refractivity (Wildman–Crippen MR) is 99.5 cm³/mol. The number of fused-ring (bicyclic) bond motifs is 1. The molecule has 1 aliphatic carbocycles. The van der Waals surface area contributed by atoms with Gasteiger partial charge in [-0.05, 0) is 57.0 Å². The molecular weight excluding hydrogens is 332 g/mol. The van der Waals surface area contributed by atoms with Crippen LogP contribution in [0.1, 0.15) is 49.5 Å². The van der Waals surface area contributed by atoms with Gasteiger partial charge in [0.15, 0.2) is 11.5 Å². The summed E-state index contributed by atoms with van der Waals surface area (Å²) in [5.74, 6) is 2.29. The van der Waals surface area contributed by atoms with Crippen LogP contribution < -0.4 is 9.47 Å². The van der Waals surface area contributed by atoms with E-state index in [0.717, 1.165) is 28.8 Å². The van der Waals surface area contributed by atoms with Gasteiger partial charge in [-0.25, -0.2) is 4.98 Å². The standard InChI is InChI=1S/C20H24N2O2S/c1-2-4-16(3-1)22-9-7-14(8-10-22)20-21-17(12-25-20)15-5-6-18-19(11-15)24-13-23-18/h5-6,11-12,14,16H,1-4,7-10,13H2. The first kappa shape index (κ1) is 15.6. The summed E-state index contributed by atoms with van der Waals surface area (Å²) in [6.07, 6.45) is 8.19. The van der Waals surface area contributed by atoms with Gasteiger partial charge in [-0.15, -0.1) is 11.3 Å². The molecule has 5 rings (SSSR count). The van der Waals surface area contributed by atoms with Gasteiger partial charge in [-0.3, -0.25) is 0 Å². The molecule has 3 aliphatic rings. The quantitative estimate of drug-likeness (QED) is 0.801. The van der Waals surface area contributed by atoms with Crippen molar-refractivity contribution < 1.29 is 9.47 Å². The summed E-state index contributed by atoms with van der Waals surface area (Å²) in [7, 11) is 0. The minimum atomic E-state index is 0.320. The number of aromatic nitrogens is 1. The smallest absolute Gasteiger partial charge is 0.231 e. The molecule has 2 fully saturated rings. The molecule has 0 bridgehead atoms. The van der Waals surface area contributed by atoms with Crippen LogP contribution in [0.2, 0.25) is 0 Å². The number of ether oxygens (including phenoxy) is 2. The molecule has 132 valence electrons. The maximum absolute atomic E-state index is 5.49. The normalized spacial score (nSPS) is 21.9. The van der Waals surface area contributed by atoms with Gasteiger partial charge >= 0.3 is 0 Å². The first-order valence-corrected chi connectivity index (χ1v) is 10.3. The summed E-state index contributed by atoms with van der Waals surface area (Å²) in [5, 5.41) is 3.50. The Morgan fingerprint density at radius 2 is 1.80 bits per heavy atom. The Bertz CT molecular complexity index is 746. The van der Waals surface area contributed by atoms with E-state index in [-0.39, 0.29) is 0 Å². The monoisotopic (exact) mass is 356 g/mol. The first-order valence-electron chi connectivity index (χ1n) is 9.46. The Kier molecular flexibility index (Phi) is 4.14. The van der Waals surface area contributed by atoms with Crippen molar-refractivity contribution in [2.24, 2.45) is 0 Å². The number of rotatable bonds is 3. The molecule has 3 heterocycles. The Morgan fingerprint density at radius 3 is 2.64 bits per heavy atom. The van der Waals surface area contributed by atoms with Gasteiger partial charge in [-0.2, -0.15) is 0 Å². The van der Waals surface area contributed by atoms with E-state index in [0.29, 0.717) is 12.7 Å². The van der Waals surface area contributed by atoms with Crippen molar-refractivity contribution in [3.8, 4) is 22.8 Å². The summed E-state index contributed by atoms with van der Waals surface area (Å²) < 4.78 is 10.9. The molecular formula is C20H24N2O2S. The van der Waals surface area contributed by atoms with Crippen molar-refractivity contribution in [2.45, 2.75) is 50.5 Å².